The van der Waals surface area contributed by atoms with Gasteiger partial charge in [0.2, 0.25) is 5.91 Å². The molecule has 2 atom stereocenters. The molecule has 1 aliphatic carbocycles. The zero-order valence-electron chi connectivity index (χ0n) is 42.6. The minimum Gasteiger partial charge on any atom is -0.395 e. The Bertz CT molecular complexity index is 895. The Morgan fingerprint density at radius 1 is 0.484 bits per heavy atom. The van der Waals surface area contributed by atoms with Gasteiger partial charge >= 0.3 is 0 Å². The summed E-state index contributed by atoms with van der Waals surface area (Å²) in [5.74, 6) is 1.95. The van der Waals surface area contributed by atoms with Gasteiger partial charge in [0.1, 0.15) is 5.78 Å². The summed E-state index contributed by atoms with van der Waals surface area (Å²) in [5.41, 5.74) is 0. The highest BCUT2D eigenvalue weighted by Crippen LogP contribution is 2.25. The SMILES string of the molecule is CCCCCCCCC(CCCCCC)CC(=O)CCCCCCN(CCCCCNC(=O)CC(CCCCCC)CCCCCCCC)CCN(CCO)C1CCCCCC1. The highest BCUT2D eigenvalue weighted by atomic mass is 16.3. The van der Waals surface area contributed by atoms with Gasteiger partial charge in [0.15, 0.2) is 0 Å². The van der Waals surface area contributed by atoms with Crippen molar-refractivity contribution in [1.29, 1.82) is 0 Å². The monoisotopic (exact) mass is 874 g/mol. The number of Topliss-reactive ketones (excluding diaryl/α,β-unsaturated/α-hetero) is 1. The Kier molecular flexibility index (Phi) is 43.0. The van der Waals surface area contributed by atoms with E-state index in [2.05, 4.69) is 42.8 Å². The van der Waals surface area contributed by atoms with E-state index in [9.17, 15) is 14.7 Å². The van der Waals surface area contributed by atoms with Gasteiger partial charge in [-0.25, -0.2) is 0 Å². The molecule has 2 N–H and O–H groups in total. The summed E-state index contributed by atoms with van der Waals surface area (Å²) in [6, 6.07) is 0.621. The highest BCUT2D eigenvalue weighted by Gasteiger charge is 2.21. The quantitative estimate of drug-likeness (QED) is 0.0471. The topological polar surface area (TPSA) is 72.9 Å². The van der Waals surface area contributed by atoms with Gasteiger partial charge in [-0.15, -0.1) is 0 Å². The molecule has 0 saturated heterocycles. The van der Waals surface area contributed by atoms with Crippen molar-refractivity contribution in [1.82, 2.24) is 15.1 Å². The molecule has 6 nitrogen and oxygen atoms in total. The van der Waals surface area contributed by atoms with E-state index in [-0.39, 0.29) is 12.5 Å². The third-order valence-corrected chi connectivity index (χ3v) is 14.4. The molecule has 1 rings (SSSR count). The van der Waals surface area contributed by atoms with Crippen molar-refractivity contribution >= 4 is 11.7 Å². The van der Waals surface area contributed by atoms with Crippen LogP contribution in [0.3, 0.4) is 0 Å². The number of ketones is 1. The Labute approximate surface area is 388 Å². The number of carbonyl (C=O) groups is 2. The van der Waals surface area contributed by atoms with Crippen LogP contribution >= 0.6 is 0 Å². The molecule has 1 aliphatic rings. The van der Waals surface area contributed by atoms with Gasteiger partial charge in [-0.2, -0.15) is 0 Å². The van der Waals surface area contributed by atoms with Gasteiger partial charge < -0.3 is 15.3 Å². The smallest absolute Gasteiger partial charge is 0.220 e. The number of carbonyl (C=O) groups excluding carboxylic acids is 2. The van der Waals surface area contributed by atoms with Gasteiger partial charge in [0.25, 0.3) is 0 Å². The number of nitrogens with one attached hydrogen (secondary N) is 1. The van der Waals surface area contributed by atoms with Gasteiger partial charge in [-0.05, 0) is 76.3 Å². The fourth-order valence-corrected chi connectivity index (χ4v) is 10.3. The average Bonchev–Trinajstić information content (AvgIpc) is 3.56. The van der Waals surface area contributed by atoms with Crippen molar-refractivity contribution in [2.75, 3.05) is 45.9 Å². The van der Waals surface area contributed by atoms with E-state index >= 15 is 0 Å². The second-order valence-corrected chi connectivity index (χ2v) is 20.3. The molecule has 368 valence electrons. The molecular formula is C56H111N3O3. The molecule has 0 heterocycles. The lowest BCUT2D eigenvalue weighted by Gasteiger charge is -2.33. The number of amides is 1. The van der Waals surface area contributed by atoms with Crippen molar-refractivity contribution < 1.29 is 14.7 Å². The van der Waals surface area contributed by atoms with Crippen LogP contribution in [-0.4, -0.2) is 78.5 Å². The number of aliphatic hydroxyl groups is 1. The van der Waals surface area contributed by atoms with Crippen LogP contribution in [0.1, 0.15) is 285 Å². The Morgan fingerprint density at radius 2 is 0.919 bits per heavy atom. The van der Waals surface area contributed by atoms with Gasteiger partial charge in [0, 0.05) is 51.5 Å². The molecule has 0 aliphatic heterocycles. The summed E-state index contributed by atoms with van der Waals surface area (Å²) in [7, 11) is 0. The summed E-state index contributed by atoms with van der Waals surface area (Å²) in [6.07, 6.45) is 49.6. The fourth-order valence-electron chi connectivity index (χ4n) is 10.3. The number of hydrogen-bond acceptors (Lipinski definition) is 5. The van der Waals surface area contributed by atoms with Crippen LogP contribution < -0.4 is 5.32 Å². The molecule has 0 aromatic heterocycles. The second-order valence-electron chi connectivity index (χ2n) is 20.3. The second kappa shape index (κ2) is 45.2. The van der Waals surface area contributed by atoms with E-state index in [0.717, 1.165) is 77.8 Å². The molecule has 62 heavy (non-hydrogen) atoms. The summed E-state index contributed by atoms with van der Waals surface area (Å²) < 4.78 is 0. The molecular weight excluding hydrogens is 763 g/mol. The van der Waals surface area contributed by atoms with Crippen molar-refractivity contribution in [3.63, 3.8) is 0 Å². The molecule has 1 saturated carbocycles. The van der Waals surface area contributed by atoms with Crippen molar-refractivity contribution in [2.24, 2.45) is 11.8 Å². The first-order valence-corrected chi connectivity index (χ1v) is 28.3. The lowest BCUT2D eigenvalue weighted by Crippen LogP contribution is -2.43. The lowest BCUT2D eigenvalue weighted by molar-refractivity contribution is -0.122. The maximum atomic E-state index is 13.2. The van der Waals surface area contributed by atoms with E-state index in [0.29, 0.717) is 30.1 Å². The predicted octanol–water partition coefficient (Wildman–Crippen LogP) is 15.6. The molecule has 1 amide bonds. The number of nitrogens with zero attached hydrogens (tertiary/aromatic N) is 2. The minimum absolute atomic E-state index is 0.248. The van der Waals surface area contributed by atoms with Crippen LogP contribution in [0.15, 0.2) is 0 Å². The normalized spacial score (nSPS) is 14.8. The number of hydrogen-bond donors (Lipinski definition) is 2. The highest BCUT2D eigenvalue weighted by molar-refractivity contribution is 5.78. The molecule has 0 aromatic rings. The first kappa shape index (κ1) is 59.0. The van der Waals surface area contributed by atoms with Crippen molar-refractivity contribution in [3.05, 3.63) is 0 Å². The van der Waals surface area contributed by atoms with Gasteiger partial charge in [-0.3, -0.25) is 14.5 Å². The Morgan fingerprint density at radius 3 is 1.44 bits per heavy atom. The zero-order valence-corrected chi connectivity index (χ0v) is 42.6. The van der Waals surface area contributed by atoms with E-state index in [1.54, 1.807) is 0 Å². The minimum atomic E-state index is 0.248. The average molecular weight is 875 g/mol. The maximum absolute atomic E-state index is 13.2. The van der Waals surface area contributed by atoms with E-state index < -0.39 is 0 Å². The third-order valence-electron chi connectivity index (χ3n) is 14.4. The number of unbranched alkanes of at least 4 members (excludes halogenated alkanes) is 21. The molecule has 0 radical (unpaired) electrons. The first-order chi connectivity index (χ1) is 30.5. The van der Waals surface area contributed by atoms with Crippen LogP contribution in [0.4, 0.5) is 0 Å². The van der Waals surface area contributed by atoms with Crippen molar-refractivity contribution in [3.8, 4) is 0 Å². The van der Waals surface area contributed by atoms with Gasteiger partial charge in [0.05, 0.1) is 6.61 Å². The van der Waals surface area contributed by atoms with Crippen LogP contribution in [0, 0.1) is 11.8 Å². The largest absolute Gasteiger partial charge is 0.395 e. The van der Waals surface area contributed by atoms with Crippen LogP contribution in [-0.2, 0) is 9.59 Å². The summed E-state index contributed by atoms with van der Waals surface area (Å²) in [6.45, 7) is 15.3. The molecule has 1 fully saturated rings. The summed E-state index contributed by atoms with van der Waals surface area (Å²) >= 11 is 0. The molecule has 0 spiro atoms. The summed E-state index contributed by atoms with van der Waals surface area (Å²) in [5, 5.41) is 13.3. The predicted molar refractivity (Wildman–Crippen MR) is 271 cm³/mol. The summed E-state index contributed by atoms with van der Waals surface area (Å²) in [4.78, 5) is 31.5. The van der Waals surface area contributed by atoms with Crippen LogP contribution in [0.25, 0.3) is 0 Å². The third kappa shape index (κ3) is 36.3. The van der Waals surface area contributed by atoms with E-state index in [1.165, 1.54) is 212 Å². The zero-order chi connectivity index (χ0) is 45.0. The molecule has 0 bridgehead atoms. The van der Waals surface area contributed by atoms with E-state index in [1.807, 2.05) is 0 Å². The Balaban J connectivity index is 2.57. The molecule has 2 unspecified atom stereocenters. The number of rotatable bonds is 47. The van der Waals surface area contributed by atoms with Crippen LogP contribution in [0.5, 0.6) is 0 Å². The van der Waals surface area contributed by atoms with E-state index in [4.69, 9.17) is 0 Å². The van der Waals surface area contributed by atoms with Crippen LogP contribution in [0.2, 0.25) is 0 Å². The first-order valence-electron chi connectivity index (χ1n) is 28.3. The van der Waals surface area contributed by atoms with Gasteiger partial charge in [-0.1, -0.05) is 214 Å². The molecule has 0 aromatic carbocycles. The number of aliphatic hydroxyl groups excluding tert-OH is 1. The Hall–Kier alpha value is -0.980. The molecule has 6 heteroatoms. The van der Waals surface area contributed by atoms with Crippen molar-refractivity contribution in [2.45, 2.75) is 291 Å². The fraction of sp³-hybridized carbons (Fsp3) is 0.964. The lowest BCUT2D eigenvalue weighted by atomic mass is 9.89. The standard InChI is InChI=1S/C56H111N3O3/c1-5-9-13-17-19-28-37-52(36-26-15-11-7-3)50-55(61)42-32-23-24-34-44-58(46-47-59(48-49-60)54-40-30-21-22-31-41-54)45-35-25-33-43-57-56(62)51-53(38-27-16-12-8-4)39-29-20-18-14-10-6-2/h52-54,60H,5-51H2,1-4H3,(H,57,62). The maximum Gasteiger partial charge on any atom is 0.220 e.